The van der Waals surface area contributed by atoms with Crippen molar-refractivity contribution in [3.05, 3.63) is 24.3 Å². The van der Waals surface area contributed by atoms with Gasteiger partial charge in [-0.25, -0.2) is 4.98 Å². The Morgan fingerprint density at radius 3 is 3.00 bits per heavy atom. The molecule has 3 atom stereocenters. The van der Waals surface area contributed by atoms with E-state index in [1.54, 1.807) is 11.8 Å². The van der Waals surface area contributed by atoms with Gasteiger partial charge in [-0.05, 0) is 37.3 Å². The lowest BCUT2D eigenvalue weighted by molar-refractivity contribution is 0.355. The third-order valence-electron chi connectivity index (χ3n) is 3.63. The Kier molecular flexibility index (Phi) is 3.31. The largest absolute Gasteiger partial charge is 0.431 e. The highest BCUT2D eigenvalue weighted by Gasteiger charge is 2.28. The number of nitrogens with two attached hydrogens (primary N) is 1. The molecule has 1 aliphatic carbocycles. The molecule has 0 saturated heterocycles. The molecule has 3 rings (SSSR count). The van der Waals surface area contributed by atoms with E-state index < -0.39 is 0 Å². The predicted molar refractivity (Wildman–Crippen MR) is 74.6 cm³/mol. The van der Waals surface area contributed by atoms with Crippen molar-refractivity contribution in [3.8, 4) is 0 Å². The number of hydrogen-bond acceptors (Lipinski definition) is 4. The summed E-state index contributed by atoms with van der Waals surface area (Å²) >= 11 is 1.70. The third kappa shape index (κ3) is 2.40. The van der Waals surface area contributed by atoms with E-state index in [-0.39, 0.29) is 6.04 Å². The zero-order valence-electron chi connectivity index (χ0n) is 10.5. The van der Waals surface area contributed by atoms with Gasteiger partial charge in [0.05, 0.1) is 0 Å². The number of benzene rings is 1. The van der Waals surface area contributed by atoms with Crippen LogP contribution in [0, 0.1) is 5.92 Å². The van der Waals surface area contributed by atoms with Crippen LogP contribution >= 0.6 is 11.8 Å². The molecule has 0 spiro atoms. The molecule has 0 aliphatic heterocycles. The van der Waals surface area contributed by atoms with Gasteiger partial charge in [0.25, 0.3) is 5.22 Å². The topological polar surface area (TPSA) is 52.0 Å². The maximum Gasteiger partial charge on any atom is 0.257 e. The summed E-state index contributed by atoms with van der Waals surface area (Å²) in [5.41, 5.74) is 7.98. The number of nitrogens with zero attached hydrogens (tertiary/aromatic N) is 1. The lowest BCUT2D eigenvalue weighted by Gasteiger charge is -2.30. The maximum atomic E-state index is 6.19. The minimum absolute atomic E-state index is 0.265. The lowest BCUT2D eigenvalue weighted by Crippen LogP contribution is -2.37. The van der Waals surface area contributed by atoms with Crippen molar-refractivity contribution in [1.82, 2.24) is 4.98 Å². The van der Waals surface area contributed by atoms with E-state index in [0.717, 1.165) is 35.1 Å². The molecule has 0 bridgehead atoms. The van der Waals surface area contributed by atoms with E-state index >= 15 is 0 Å². The van der Waals surface area contributed by atoms with E-state index in [9.17, 15) is 0 Å². The molecule has 0 radical (unpaired) electrons. The van der Waals surface area contributed by atoms with E-state index in [1.807, 2.05) is 24.3 Å². The molecule has 0 amide bonds. The van der Waals surface area contributed by atoms with Crippen LogP contribution < -0.4 is 5.73 Å². The summed E-state index contributed by atoms with van der Waals surface area (Å²) in [6.45, 7) is 2.30. The summed E-state index contributed by atoms with van der Waals surface area (Å²) in [5.74, 6) is 0.756. The summed E-state index contributed by atoms with van der Waals surface area (Å²) in [5, 5.41) is 1.19. The van der Waals surface area contributed by atoms with Gasteiger partial charge < -0.3 is 10.2 Å². The van der Waals surface area contributed by atoms with Crippen LogP contribution in [0.2, 0.25) is 0 Å². The van der Waals surface area contributed by atoms with E-state index in [4.69, 9.17) is 10.2 Å². The fraction of sp³-hybridized carbons (Fsp3) is 0.500. The minimum atomic E-state index is 0.265. The fourth-order valence-corrected chi connectivity index (χ4v) is 3.80. The molecular formula is C14H18N2OS. The van der Waals surface area contributed by atoms with Gasteiger partial charge in [0.15, 0.2) is 5.58 Å². The first kappa shape index (κ1) is 12.1. The van der Waals surface area contributed by atoms with Gasteiger partial charge in [0.1, 0.15) is 5.52 Å². The second kappa shape index (κ2) is 4.94. The molecule has 4 heteroatoms. The van der Waals surface area contributed by atoms with Crippen LogP contribution in [0.4, 0.5) is 0 Å². The number of aromatic nitrogens is 1. The second-order valence-corrected chi connectivity index (χ2v) is 6.38. The summed E-state index contributed by atoms with van der Waals surface area (Å²) in [6, 6.07) is 8.15. The van der Waals surface area contributed by atoms with Crippen molar-refractivity contribution < 1.29 is 4.42 Å². The van der Waals surface area contributed by atoms with Crippen LogP contribution in [-0.4, -0.2) is 16.3 Å². The molecule has 96 valence electrons. The maximum absolute atomic E-state index is 6.19. The van der Waals surface area contributed by atoms with Crippen LogP contribution in [0.3, 0.4) is 0 Å². The SMILES string of the molecule is CC1CCC(N)C(Sc2nc3ccccc3o2)C1. The van der Waals surface area contributed by atoms with Gasteiger partial charge in [0.2, 0.25) is 0 Å². The minimum Gasteiger partial charge on any atom is -0.431 e. The standard InChI is InChI=1S/C14H18N2OS/c1-9-6-7-10(15)13(8-9)18-14-16-11-4-2-3-5-12(11)17-14/h2-5,9-10,13H,6-8,15H2,1H3. The van der Waals surface area contributed by atoms with Crippen LogP contribution in [0.1, 0.15) is 26.2 Å². The first-order valence-corrected chi connectivity index (χ1v) is 7.38. The number of oxazole rings is 1. The van der Waals surface area contributed by atoms with Crippen molar-refractivity contribution in [2.24, 2.45) is 11.7 Å². The molecule has 1 heterocycles. The molecule has 2 N–H and O–H groups in total. The number of thioether (sulfide) groups is 1. The first-order valence-electron chi connectivity index (χ1n) is 6.50. The van der Waals surface area contributed by atoms with Crippen molar-refractivity contribution in [2.45, 2.75) is 42.7 Å². The van der Waals surface area contributed by atoms with Gasteiger partial charge in [-0.3, -0.25) is 0 Å². The molecule has 18 heavy (non-hydrogen) atoms. The molecule has 3 nitrogen and oxygen atoms in total. The molecule has 2 aromatic rings. The van der Waals surface area contributed by atoms with Gasteiger partial charge >= 0.3 is 0 Å². The monoisotopic (exact) mass is 262 g/mol. The zero-order valence-corrected chi connectivity index (χ0v) is 11.3. The number of para-hydroxylation sites is 2. The smallest absolute Gasteiger partial charge is 0.257 e. The predicted octanol–water partition coefficient (Wildman–Crippen LogP) is 3.44. The molecule has 1 saturated carbocycles. The van der Waals surface area contributed by atoms with Crippen LogP contribution in [0.15, 0.2) is 33.9 Å². The Morgan fingerprint density at radius 2 is 2.17 bits per heavy atom. The van der Waals surface area contributed by atoms with Crippen molar-refractivity contribution >= 4 is 22.9 Å². The average Bonchev–Trinajstić information content (AvgIpc) is 2.76. The first-order chi connectivity index (χ1) is 8.72. The Balaban J connectivity index is 1.78. The highest BCUT2D eigenvalue weighted by molar-refractivity contribution is 7.99. The van der Waals surface area contributed by atoms with Crippen molar-refractivity contribution in [2.75, 3.05) is 0 Å². The lowest BCUT2D eigenvalue weighted by atomic mass is 9.87. The fourth-order valence-electron chi connectivity index (χ4n) is 2.52. The van der Waals surface area contributed by atoms with Crippen LogP contribution in [0.5, 0.6) is 0 Å². The zero-order chi connectivity index (χ0) is 12.5. The summed E-state index contributed by atoms with van der Waals surface area (Å²) in [6.07, 6.45) is 3.51. The quantitative estimate of drug-likeness (QED) is 0.900. The van der Waals surface area contributed by atoms with Gasteiger partial charge in [-0.1, -0.05) is 30.8 Å². The normalized spacial score (nSPS) is 28.7. The van der Waals surface area contributed by atoms with E-state index in [2.05, 4.69) is 11.9 Å². The van der Waals surface area contributed by atoms with Gasteiger partial charge in [0, 0.05) is 11.3 Å². The Bertz CT molecular complexity index is 506. The molecular weight excluding hydrogens is 244 g/mol. The summed E-state index contributed by atoms with van der Waals surface area (Å²) in [7, 11) is 0. The Morgan fingerprint density at radius 1 is 1.33 bits per heavy atom. The summed E-state index contributed by atoms with van der Waals surface area (Å²) in [4.78, 5) is 4.51. The third-order valence-corrected chi connectivity index (χ3v) is 4.85. The number of rotatable bonds is 2. The summed E-state index contributed by atoms with van der Waals surface area (Å²) < 4.78 is 5.75. The van der Waals surface area contributed by atoms with Crippen LogP contribution in [-0.2, 0) is 0 Å². The van der Waals surface area contributed by atoms with Gasteiger partial charge in [-0.15, -0.1) is 0 Å². The van der Waals surface area contributed by atoms with E-state index in [1.165, 1.54) is 6.42 Å². The Labute approximate surface area is 111 Å². The molecule has 1 aliphatic rings. The molecule has 1 aromatic carbocycles. The number of hydrogen-bond donors (Lipinski definition) is 1. The molecule has 1 fully saturated rings. The second-order valence-electron chi connectivity index (χ2n) is 5.19. The molecule has 1 aromatic heterocycles. The van der Waals surface area contributed by atoms with Crippen molar-refractivity contribution in [1.29, 1.82) is 0 Å². The highest BCUT2D eigenvalue weighted by atomic mass is 32.2. The van der Waals surface area contributed by atoms with Crippen molar-refractivity contribution in [3.63, 3.8) is 0 Å². The number of fused-ring (bicyclic) bond motifs is 1. The van der Waals surface area contributed by atoms with Crippen LogP contribution in [0.25, 0.3) is 11.1 Å². The average molecular weight is 262 g/mol. The Hall–Kier alpha value is -1.00. The van der Waals surface area contributed by atoms with E-state index in [0.29, 0.717) is 5.25 Å². The molecule has 3 unspecified atom stereocenters. The highest BCUT2D eigenvalue weighted by Crippen LogP contribution is 2.36. The van der Waals surface area contributed by atoms with Gasteiger partial charge in [-0.2, -0.15) is 0 Å².